The van der Waals surface area contributed by atoms with Gasteiger partial charge in [0, 0.05) is 5.92 Å². The van der Waals surface area contributed by atoms with Crippen LogP contribution < -0.4 is 0 Å². The van der Waals surface area contributed by atoms with E-state index in [-0.39, 0.29) is 10.5 Å². The van der Waals surface area contributed by atoms with Crippen molar-refractivity contribution in [2.45, 2.75) is 16.1 Å². The molecule has 1 saturated carbocycles. The molecule has 2 aromatic rings. The third-order valence-corrected chi connectivity index (χ3v) is 6.53. The average Bonchev–Trinajstić information content (AvgIpc) is 3.27. The molecule has 1 aliphatic carbocycles. The van der Waals surface area contributed by atoms with Crippen LogP contribution in [0.15, 0.2) is 59.5 Å². The molecule has 0 radical (unpaired) electrons. The van der Waals surface area contributed by atoms with Gasteiger partial charge in [0.1, 0.15) is 11.1 Å². The van der Waals surface area contributed by atoms with Gasteiger partial charge < -0.3 is 5.11 Å². The molecule has 0 bridgehead atoms. The zero-order valence-corrected chi connectivity index (χ0v) is 13.1. The Kier molecular flexibility index (Phi) is 3.65. The smallest absolute Gasteiger partial charge is 0.326 e. The third-order valence-electron chi connectivity index (χ3n) is 4.29. The highest BCUT2D eigenvalue weighted by molar-refractivity contribution is 7.92. The number of carboxylic acids is 1. The molecule has 24 heavy (non-hydrogen) atoms. The van der Waals surface area contributed by atoms with Gasteiger partial charge in [0.25, 0.3) is 0 Å². The lowest BCUT2D eigenvalue weighted by Crippen LogP contribution is -2.22. The lowest BCUT2D eigenvalue weighted by Gasteiger charge is -2.04. The number of hydrogen-bond acceptors (Lipinski definition) is 4. The largest absolute Gasteiger partial charge is 0.480 e. The summed E-state index contributed by atoms with van der Waals surface area (Å²) in [7, 11) is -4.07. The normalized spacial score (nSPS) is 25.7. The van der Waals surface area contributed by atoms with E-state index in [1.54, 1.807) is 12.1 Å². The number of sulfone groups is 1. The van der Waals surface area contributed by atoms with E-state index in [1.165, 1.54) is 42.5 Å². The van der Waals surface area contributed by atoms with Gasteiger partial charge in [-0.1, -0.05) is 30.3 Å². The van der Waals surface area contributed by atoms with Gasteiger partial charge in [-0.15, -0.1) is 0 Å². The summed E-state index contributed by atoms with van der Waals surface area (Å²) in [6.07, 6.45) is 0. The SMILES string of the molecule is N#C[C@@]1(C(=O)O)[C@H](c2cccc(F)c2)[C@@H]1S(=O)(=O)c1ccccc1. The van der Waals surface area contributed by atoms with Gasteiger partial charge in [-0.2, -0.15) is 5.26 Å². The molecule has 0 heterocycles. The van der Waals surface area contributed by atoms with Crippen LogP contribution in [-0.2, 0) is 14.6 Å². The van der Waals surface area contributed by atoms with Gasteiger partial charge in [-0.05, 0) is 29.8 Å². The molecule has 0 unspecified atom stereocenters. The lowest BCUT2D eigenvalue weighted by molar-refractivity contribution is -0.141. The molecule has 3 atom stereocenters. The first kappa shape index (κ1) is 16.1. The number of benzene rings is 2. The predicted octanol–water partition coefficient (Wildman–Crippen LogP) is 2.36. The van der Waals surface area contributed by atoms with Crippen molar-refractivity contribution in [2.75, 3.05) is 0 Å². The minimum Gasteiger partial charge on any atom is -0.480 e. The van der Waals surface area contributed by atoms with E-state index in [2.05, 4.69) is 0 Å². The molecule has 1 fully saturated rings. The molecule has 0 aromatic heterocycles. The molecule has 1 aliphatic rings. The van der Waals surface area contributed by atoms with E-state index < -0.39 is 38.2 Å². The number of nitrogens with zero attached hydrogens (tertiary/aromatic N) is 1. The molecule has 2 aromatic carbocycles. The van der Waals surface area contributed by atoms with Crippen molar-refractivity contribution in [3.63, 3.8) is 0 Å². The van der Waals surface area contributed by atoms with E-state index in [1.807, 2.05) is 0 Å². The van der Waals surface area contributed by atoms with Crippen LogP contribution in [-0.4, -0.2) is 24.7 Å². The fraction of sp³-hybridized carbons (Fsp3) is 0.176. The predicted molar refractivity (Wildman–Crippen MR) is 82.2 cm³/mol. The molecule has 0 aliphatic heterocycles. The molecule has 5 nitrogen and oxygen atoms in total. The lowest BCUT2D eigenvalue weighted by atomic mass is 10.0. The van der Waals surface area contributed by atoms with Crippen molar-refractivity contribution in [2.24, 2.45) is 5.41 Å². The first-order chi connectivity index (χ1) is 11.4. The standard InChI is InChI=1S/C17H12FNO4S/c18-12-6-4-5-11(9-12)14-15(17(14,10-19)16(20)21)24(22,23)13-7-2-1-3-8-13/h1-9,14-15H,(H,20,21)/t14-,15+,17-/m1/s1. The highest BCUT2D eigenvalue weighted by Crippen LogP contribution is 2.64. The molecule has 1 N–H and O–H groups in total. The monoisotopic (exact) mass is 345 g/mol. The number of aliphatic carboxylic acids is 1. The van der Waals surface area contributed by atoms with Crippen molar-refractivity contribution in [1.29, 1.82) is 5.26 Å². The number of rotatable bonds is 4. The zero-order chi connectivity index (χ0) is 17.5. The fourth-order valence-electron chi connectivity index (χ4n) is 3.11. The Balaban J connectivity index is 2.16. The summed E-state index contributed by atoms with van der Waals surface area (Å²) in [4.78, 5) is 11.6. The average molecular weight is 345 g/mol. The summed E-state index contributed by atoms with van der Waals surface area (Å²) in [6, 6.07) is 14.0. The van der Waals surface area contributed by atoms with Crippen molar-refractivity contribution < 1.29 is 22.7 Å². The molecular formula is C17H12FNO4S. The van der Waals surface area contributed by atoms with Crippen LogP contribution in [0, 0.1) is 22.6 Å². The van der Waals surface area contributed by atoms with E-state index in [9.17, 15) is 28.0 Å². The highest BCUT2D eigenvalue weighted by atomic mass is 32.2. The van der Waals surface area contributed by atoms with E-state index in [4.69, 9.17) is 0 Å². The van der Waals surface area contributed by atoms with Crippen LogP contribution in [0.4, 0.5) is 4.39 Å². The fourth-order valence-corrected chi connectivity index (χ4v) is 5.38. The van der Waals surface area contributed by atoms with E-state index in [0.717, 1.165) is 6.07 Å². The number of hydrogen-bond donors (Lipinski definition) is 1. The zero-order valence-electron chi connectivity index (χ0n) is 12.3. The van der Waals surface area contributed by atoms with Gasteiger partial charge in [-0.25, -0.2) is 12.8 Å². The maximum Gasteiger partial charge on any atom is 0.326 e. The topological polar surface area (TPSA) is 95.2 Å². The summed E-state index contributed by atoms with van der Waals surface area (Å²) in [5, 5.41) is 17.5. The Morgan fingerprint density at radius 2 is 1.83 bits per heavy atom. The summed E-state index contributed by atoms with van der Waals surface area (Å²) >= 11 is 0. The first-order valence-electron chi connectivity index (χ1n) is 7.04. The van der Waals surface area contributed by atoms with Gasteiger partial charge >= 0.3 is 5.97 Å². The summed E-state index contributed by atoms with van der Waals surface area (Å²) in [6.45, 7) is 0. The Morgan fingerprint density at radius 1 is 1.17 bits per heavy atom. The number of nitriles is 1. The second-order valence-electron chi connectivity index (χ2n) is 5.60. The van der Waals surface area contributed by atoms with Crippen LogP contribution in [0.3, 0.4) is 0 Å². The molecule has 0 saturated heterocycles. The Hall–Kier alpha value is -2.72. The quantitative estimate of drug-likeness (QED) is 0.918. The number of carbonyl (C=O) groups is 1. The summed E-state index contributed by atoms with van der Waals surface area (Å²) in [5.74, 6) is -3.27. The highest BCUT2D eigenvalue weighted by Gasteiger charge is 2.77. The molecule has 122 valence electrons. The Bertz CT molecular complexity index is 952. The van der Waals surface area contributed by atoms with Crippen molar-refractivity contribution >= 4 is 15.8 Å². The van der Waals surface area contributed by atoms with Gasteiger partial charge in [0.2, 0.25) is 0 Å². The molecule has 0 spiro atoms. The Morgan fingerprint density at radius 3 is 2.38 bits per heavy atom. The summed E-state index contributed by atoms with van der Waals surface area (Å²) < 4.78 is 39.1. The maximum absolute atomic E-state index is 13.5. The number of halogens is 1. The van der Waals surface area contributed by atoms with E-state index in [0.29, 0.717) is 0 Å². The van der Waals surface area contributed by atoms with Gasteiger partial charge in [-0.3, -0.25) is 4.79 Å². The van der Waals surface area contributed by atoms with Crippen molar-refractivity contribution in [3.8, 4) is 6.07 Å². The molecule has 0 amide bonds. The van der Waals surface area contributed by atoms with Crippen molar-refractivity contribution in [1.82, 2.24) is 0 Å². The number of carboxylic acid groups (broad SMARTS) is 1. The van der Waals surface area contributed by atoms with Gasteiger partial charge in [0.05, 0.1) is 11.0 Å². The third kappa shape index (κ3) is 2.19. The van der Waals surface area contributed by atoms with Crippen LogP contribution >= 0.6 is 0 Å². The second-order valence-corrected chi connectivity index (χ2v) is 7.67. The van der Waals surface area contributed by atoms with Crippen LogP contribution in [0.25, 0.3) is 0 Å². The maximum atomic E-state index is 13.5. The molecule has 7 heteroatoms. The molecular weight excluding hydrogens is 333 g/mol. The van der Waals surface area contributed by atoms with E-state index >= 15 is 0 Å². The van der Waals surface area contributed by atoms with Crippen LogP contribution in [0.5, 0.6) is 0 Å². The second kappa shape index (κ2) is 5.42. The van der Waals surface area contributed by atoms with Gasteiger partial charge in [0.15, 0.2) is 15.3 Å². The van der Waals surface area contributed by atoms with Crippen LogP contribution in [0.1, 0.15) is 11.5 Å². The minimum atomic E-state index is -4.07. The minimum absolute atomic E-state index is 0.0604. The Labute approximate surface area is 137 Å². The first-order valence-corrected chi connectivity index (χ1v) is 8.59. The van der Waals surface area contributed by atoms with Crippen molar-refractivity contribution in [3.05, 3.63) is 66.0 Å². The summed E-state index contributed by atoms with van der Waals surface area (Å²) in [5.41, 5.74) is -1.94. The van der Waals surface area contributed by atoms with Crippen LogP contribution in [0.2, 0.25) is 0 Å². The molecule has 3 rings (SSSR count).